The zero-order chi connectivity index (χ0) is 18.5. The van der Waals surface area contributed by atoms with Crippen LogP contribution in [0.2, 0.25) is 5.02 Å². The Balaban J connectivity index is 1.81. The quantitative estimate of drug-likeness (QED) is 0.685. The Morgan fingerprint density at radius 3 is 2.81 bits per heavy atom. The summed E-state index contributed by atoms with van der Waals surface area (Å²) in [5.74, 6) is -0.515. The first kappa shape index (κ1) is 18.5. The zero-order valence-corrected chi connectivity index (χ0v) is 15.1. The molecule has 0 bridgehead atoms. The first-order valence-electron chi connectivity index (χ1n) is 8.71. The second-order valence-electron chi connectivity index (χ2n) is 6.42. The number of halogens is 1. The first-order valence-corrected chi connectivity index (χ1v) is 9.09. The molecule has 138 valence electrons. The second-order valence-corrected chi connectivity index (χ2v) is 6.85. The van der Waals surface area contributed by atoms with Crippen LogP contribution in [-0.4, -0.2) is 29.3 Å². The van der Waals surface area contributed by atoms with Gasteiger partial charge in [-0.25, -0.2) is 4.79 Å². The molecule has 0 heterocycles. The van der Waals surface area contributed by atoms with E-state index < -0.39 is 18.7 Å². The molecule has 26 heavy (non-hydrogen) atoms. The Labute approximate surface area is 157 Å². The molecule has 2 aromatic rings. The number of aliphatic hydroxyl groups excluding tert-OH is 1. The molecule has 0 amide bonds. The van der Waals surface area contributed by atoms with Crippen LogP contribution in [-0.2, 0) is 17.6 Å². The number of hydrogen-bond donors (Lipinski definition) is 3. The minimum atomic E-state index is -1.02. The van der Waals surface area contributed by atoms with E-state index in [1.807, 2.05) is 12.1 Å². The summed E-state index contributed by atoms with van der Waals surface area (Å²) in [6.07, 6.45) is 3.41. The lowest BCUT2D eigenvalue weighted by atomic mass is 9.90. The second kappa shape index (κ2) is 8.43. The standard InChI is InChI=1S/C20H22ClNO4/c21-15-6-3-5-14(10-15)17(23)11-22-20-16-7-2-1-4-13(16)8-9-18(20)26-12-19(24)25/h3,5-6,8-10,17,22-23H,1-2,4,7,11-12H2,(H,24,25). The van der Waals surface area contributed by atoms with Crippen molar-refractivity contribution in [2.24, 2.45) is 0 Å². The third kappa shape index (κ3) is 4.48. The van der Waals surface area contributed by atoms with Gasteiger partial charge in [-0.2, -0.15) is 0 Å². The Morgan fingerprint density at radius 1 is 1.23 bits per heavy atom. The lowest BCUT2D eigenvalue weighted by Gasteiger charge is -2.24. The summed E-state index contributed by atoms with van der Waals surface area (Å²) in [6, 6.07) is 10.9. The summed E-state index contributed by atoms with van der Waals surface area (Å²) in [6.45, 7) is -0.120. The Bertz CT molecular complexity index is 793. The van der Waals surface area contributed by atoms with Crippen LogP contribution in [0.1, 0.15) is 35.6 Å². The van der Waals surface area contributed by atoms with E-state index in [9.17, 15) is 9.90 Å². The summed E-state index contributed by atoms with van der Waals surface area (Å²) in [7, 11) is 0. The van der Waals surface area contributed by atoms with E-state index in [-0.39, 0.29) is 6.54 Å². The van der Waals surface area contributed by atoms with Crippen molar-refractivity contribution in [2.45, 2.75) is 31.8 Å². The average molecular weight is 376 g/mol. The van der Waals surface area contributed by atoms with Crippen molar-refractivity contribution < 1.29 is 19.7 Å². The molecule has 1 atom stereocenters. The molecule has 0 aromatic heterocycles. The number of fused-ring (bicyclic) bond motifs is 1. The third-order valence-electron chi connectivity index (χ3n) is 4.55. The number of benzene rings is 2. The molecule has 5 nitrogen and oxygen atoms in total. The lowest BCUT2D eigenvalue weighted by Crippen LogP contribution is -2.17. The molecule has 1 aliphatic carbocycles. The van der Waals surface area contributed by atoms with Crippen LogP contribution in [0, 0.1) is 0 Å². The fourth-order valence-electron chi connectivity index (χ4n) is 3.29. The molecule has 6 heteroatoms. The molecular formula is C20H22ClNO4. The van der Waals surface area contributed by atoms with Crippen LogP contribution in [0.5, 0.6) is 5.75 Å². The summed E-state index contributed by atoms with van der Waals surface area (Å²) in [4.78, 5) is 10.9. The van der Waals surface area contributed by atoms with Gasteiger partial charge in [-0.3, -0.25) is 0 Å². The van der Waals surface area contributed by atoms with E-state index in [0.29, 0.717) is 10.8 Å². The number of aliphatic hydroxyl groups is 1. The number of carboxylic acids is 1. The minimum absolute atomic E-state index is 0.278. The largest absolute Gasteiger partial charge is 0.480 e. The molecule has 0 saturated carbocycles. The molecule has 3 N–H and O–H groups in total. The molecule has 1 unspecified atom stereocenters. The first-order chi connectivity index (χ1) is 12.5. The number of hydrogen-bond acceptors (Lipinski definition) is 4. The molecule has 3 rings (SSSR count). The van der Waals surface area contributed by atoms with Crippen LogP contribution in [0.25, 0.3) is 0 Å². The van der Waals surface area contributed by atoms with E-state index in [1.54, 1.807) is 24.3 Å². The average Bonchev–Trinajstić information content (AvgIpc) is 2.64. The monoisotopic (exact) mass is 375 g/mol. The highest BCUT2D eigenvalue weighted by molar-refractivity contribution is 6.30. The highest BCUT2D eigenvalue weighted by Gasteiger charge is 2.19. The number of aryl methyl sites for hydroxylation is 1. The van der Waals surface area contributed by atoms with E-state index in [4.69, 9.17) is 21.4 Å². The van der Waals surface area contributed by atoms with Crippen LogP contribution >= 0.6 is 11.6 Å². The third-order valence-corrected chi connectivity index (χ3v) is 4.79. The molecule has 2 aromatic carbocycles. The summed E-state index contributed by atoms with van der Waals surface area (Å²) in [5, 5.41) is 23.2. The lowest BCUT2D eigenvalue weighted by molar-refractivity contribution is -0.139. The van der Waals surface area contributed by atoms with Crippen LogP contribution in [0.3, 0.4) is 0 Å². The molecule has 0 aliphatic heterocycles. The van der Waals surface area contributed by atoms with E-state index >= 15 is 0 Å². The van der Waals surface area contributed by atoms with Gasteiger partial charge in [-0.05, 0) is 60.6 Å². The summed E-state index contributed by atoms with van der Waals surface area (Å²) in [5.41, 5.74) is 3.91. The maximum absolute atomic E-state index is 10.9. The fraction of sp³-hybridized carbons (Fsp3) is 0.350. The molecule has 0 fully saturated rings. The van der Waals surface area contributed by atoms with E-state index in [0.717, 1.165) is 42.5 Å². The van der Waals surface area contributed by atoms with Crippen molar-refractivity contribution in [1.29, 1.82) is 0 Å². The topological polar surface area (TPSA) is 78.8 Å². The predicted octanol–water partition coefficient (Wildman–Crippen LogP) is 3.83. The van der Waals surface area contributed by atoms with E-state index in [2.05, 4.69) is 5.32 Å². The van der Waals surface area contributed by atoms with Crippen molar-refractivity contribution in [2.75, 3.05) is 18.5 Å². The Kier molecular flexibility index (Phi) is 6.01. The van der Waals surface area contributed by atoms with Gasteiger partial charge in [-0.15, -0.1) is 0 Å². The summed E-state index contributed by atoms with van der Waals surface area (Å²) >= 11 is 5.99. The van der Waals surface area contributed by atoms with Crippen LogP contribution in [0.4, 0.5) is 5.69 Å². The van der Waals surface area contributed by atoms with Crippen molar-refractivity contribution >= 4 is 23.3 Å². The fourth-order valence-corrected chi connectivity index (χ4v) is 3.49. The highest BCUT2D eigenvalue weighted by atomic mass is 35.5. The van der Waals surface area contributed by atoms with Crippen molar-refractivity contribution in [1.82, 2.24) is 0 Å². The smallest absolute Gasteiger partial charge is 0.341 e. The SMILES string of the molecule is O=C(O)COc1ccc2c(c1NCC(O)c1cccc(Cl)c1)CCCC2. The maximum atomic E-state index is 10.9. The number of carboxylic acid groups (broad SMARTS) is 1. The van der Waals surface area contributed by atoms with Crippen molar-refractivity contribution in [3.63, 3.8) is 0 Å². The Hall–Kier alpha value is -2.24. The predicted molar refractivity (Wildman–Crippen MR) is 101 cm³/mol. The maximum Gasteiger partial charge on any atom is 0.341 e. The number of aliphatic carboxylic acids is 1. The van der Waals surface area contributed by atoms with Gasteiger partial charge in [0.2, 0.25) is 0 Å². The number of rotatable bonds is 7. The minimum Gasteiger partial charge on any atom is -0.480 e. The van der Waals surface area contributed by atoms with Gasteiger partial charge < -0.3 is 20.3 Å². The molecule has 1 aliphatic rings. The molecule has 0 radical (unpaired) electrons. The van der Waals surface area contributed by atoms with E-state index in [1.165, 1.54) is 5.56 Å². The van der Waals surface area contributed by atoms with Gasteiger partial charge in [0.1, 0.15) is 5.75 Å². The normalized spacial score (nSPS) is 14.4. The van der Waals surface area contributed by atoms with Gasteiger partial charge >= 0.3 is 5.97 Å². The van der Waals surface area contributed by atoms with Crippen LogP contribution in [0.15, 0.2) is 36.4 Å². The van der Waals surface area contributed by atoms with Gasteiger partial charge in [0.05, 0.1) is 11.8 Å². The molecular weight excluding hydrogens is 354 g/mol. The highest BCUT2D eigenvalue weighted by Crippen LogP contribution is 2.36. The van der Waals surface area contributed by atoms with Crippen LogP contribution < -0.4 is 10.1 Å². The number of carbonyl (C=O) groups is 1. The van der Waals surface area contributed by atoms with Gasteiger partial charge in [-0.1, -0.05) is 29.8 Å². The molecule has 0 saturated heterocycles. The number of nitrogens with one attached hydrogen (secondary N) is 1. The Morgan fingerprint density at radius 2 is 2.04 bits per heavy atom. The number of anilines is 1. The van der Waals surface area contributed by atoms with Gasteiger partial charge in [0.15, 0.2) is 6.61 Å². The zero-order valence-electron chi connectivity index (χ0n) is 14.4. The summed E-state index contributed by atoms with van der Waals surface area (Å²) < 4.78 is 5.46. The van der Waals surface area contributed by atoms with Crippen molar-refractivity contribution in [3.8, 4) is 5.75 Å². The molecule has 0 spiro atoms. The van der Waals surface area contributed by atoms with Gasteiger partial charge in [0, 0.05) is 11.6 Å². The number of ether oxygens (including phenoxy) is 1. The van der Waals surface area contributed by atoms with Crippen molar-refractivity contribution in [3.05, 3.63) is 58.1 Å². The van der Waals surface area contributed by atoms with Gasteiger partial charge in [0.25, 0.3) is 0 Å².